The van der Waals surface area contributed by atoms with Crippen LogP contribution in [0.2, 0.25) is 0 Å². The largest absolute Gasteiger partial charge is 0.315 e. The molecule has 1 fully saturated rings. The Kier molecular flexibility index (Phi) is 6.08. The molecular weight excluding hydrogens is 465 g/mol. The molecule has 1 unspecified atom stereocenters. The number of benzene rings is 1. The number of anilines is 1. The van der Waals surface area contributed by atoms with Crippen molar-refractivity contribution < 1.29 is 17.6 Å². The number of carbonyl (C=O) groups is 1. The summed E-state index contributed by atoms with van der Waals surface area (Å²) in [4.78, 5) is 18.1. The Hall–Kier alpha value is -2.58. The van der Waals surface area contributed by atoms with E-state index in [0.29, 0.717) is 17.8 Å². The van der Waals surface area contributed by atoms with Crippen LogP contribution in [-0.2, 0) is 21.2 Å². The zero-order valence-corrected chi connectivity index (χ0v) is 21.0. The summed E-state index contributed by atoms with van der Waals surface area (Å²) < 4.78 is 36.3. The second kappa shape index (κ2) is 8.82. The van der Waals surface area contributed by atoms with E-state index in [1.807, 2.05) is 6.07 Å². The third-order valence-corrected chi connectivity index (χ3v) is 9.44. The van der Waals surface area contributed by atoms with E-state index in [4.69, 9.17) is 5.14 Å². The molecular formula is C27H32FN3O3S. The summed E-state index contributed by atoms with van der Waals surface area (Å²) in [5.74, 6) is 0.656. The van der Waals surface area contributed by atoms with Crippen LogP contribution >= 0.6 is 0 Å². The first-order valence-corrected chi connectivity index (χ1v) is 14.0. The number of amides is 1. The zero-order chi connectivity index (χ0) is 25.0. The summed E-state index contributed by atoms with van der Waals surface area (Å²) in [7, 11) is -1.99. The first-order chi connectivity index (χ1) is 16.6. The number of fused-ring (bicyclic) bond motifs is 5. The number of primary sulfonamides is 1. The van der Waals surface area contributed by atoms with Crippen molar-refractivity contribution in [2.45, 2.75) is 51.4 Å². The lowest BCUT2D eigenvalue weighted by atomic mass is 9.54. The highest BCUT2D eigenvalue weighted by Gasteiger charge is 2.52. The van der Waals surface area contributed by atoms with Gasteiger partial charge in [0.25, 0.3) is 0 Å². The van der Waals surface area contributed by atoms with Crippen LogP contribution in [0.25, 0.3) is 5.57 Å². The molecule has 35 heavy (non-hydrogen) atoms. The number of nitrogens with zero attached hydrogens (tertiary/aromatic N) is 2. The molecule has 2 aromatic rings. The number of carbonyl (C=O) groups excluding carboxylic acids is 1. The van der Waals surface area contributed by atoms with Gasteiger partial charge in [0.1, 0.15) is 5.82 Å². The van der Waals surface area contributed by atoms with Crippen molar-refractivity contribution >= 4 is 27.2 Å². The molecule has 1 amide bonds. The molecule has 3 aliphatic carbocycles. The fraction of sp³-hybridized carbons (Fsp3) is 0.481. The van der Waals surface area contributed by atoms with Crippen molar-refractivity contribution in [3.8, 4) is 0 Å². The fourth-order valence-electron chi connectivity index (χ4n) is 6.89. The molecule has 5 rings (SSSR count). The second-order valence-electron chi connectivity index (χ2n) is 10.6. The maximum atomic E-state index is 13.9. The smallest absolute Gasteiger partial charge is 0.227 e. The number of allylic oxidation sites excluding steroid dienone is 2. The number of halogens is 1. The Balaban J connectivity index is 1.35. The van der Waals surface area contributed by atoms with Crippen molar-refractivity contribution in [2.75, 3.05) is 17.7 Å². The van der Waals surface area contributed by atoms with Crippen molar-refractivity contribution in [3.05, 3.63) is 65.2 Å². The van der Waals surface area contributed by atoms with E-state index in [1.54, 1.807) is 19.3 Å². The van der Waals surface area contributed by atoms with Gasteiger partial charge < -0.3 is 4.90 Å². The van der Waals surface area contributed by atoms with E-state index >= 15 is 0 Å². The molecule has 8 heteroatoms. The van der Waals surface area contributed by atoms with E-state index in [-0.39, 0.29) is 29.3 Å². The van der Waals surface area contributed by atoms with Crippen LogP contribution in [0.4, 0.5) is 10.1 Å². The predicted octanol–water partition coefficient (Wildman–Crippen LogP) is 4.41. The monoisotopic (exact) mass is 497 g/mol. The Morgan fingerprint density at radius 3 is 2.80 bits per heavy atom. The standard InChI is InChI=1S/C27H32FN3O3S/c1-27-11-9-22-21-6-4-20(31(2)26(32)10-12-35(29,33)34)14-17(21)3-5-23(22)25(27)8-7-24(27)18-13-19(28)16-30-15-18/h4,6-7,13-16,22-23,25H,3,5,8-12H2,1-2H3,(H2,29,33,34)/t22?,23-,25+,27-/m1/s1. The Morgan fingerprint density at radius 1 is 1.26 bits per heavy atom. The number of hydrogen-bond donors (Lipinski definition) is 1. The number of aromatic nitrogens is 1. The number of sulfonamides is 1. The molecule has 1 aromatic carbocycles. The van der Waals surface area contributed by atoms with Crippen molar-refractivity contribution in [3.63, 3.8) is 0 Å². The molecule has 0 saturated heterocycles. The normalized spacial score (nSPS) is 27.4. The van der Waals surface area contributed by atoms with Gasteiger partial charge >= 0.3 is 0 Å². The summed E-state index contributed by atoms with van der Waals surface area (Å²) in [6.07, 6.45) is 10.4. The van der Waals surface area contributed by atoms with Crippen LogP contribution in [0.1, 0.15) is 61.6 Å². The van der Waals surface area contributed by atoms with Gasteiger partial charge in [-0.15, -0.1) is 0 Å². The van der Waals surface area contributed by atoms with Gasteiger partial charge in [0, 0.05) is 25.4 Å². The summed E-state index contributed by atoms with van der Waals surface area (Å²) >= 11 is 0. The highest BCUT2D eigenvalue weighted by molar-refractivity contribution is 7.89. The molecule has 186 valence electrons. The van der Waals surface area contributed by atoms with E-state index in [2.05, 4.69) is 30.1 Å². The minimum absolute atomic E-state index is 0.0318. The van der Waals surface area contributed by atoms with Gasteiger partial charge in [-0.1, -0.05) is 19.1 Å². The summed E-state index contributed by atoms with van der Waals surface area (Å²) in [6, 6.07) is 7.83. The summed E-state index contributed by atoms with van der Waals surface area (Å²) in [6.45, 7) is 2.35. The number of hydrogen-bond acceptors (Lipinski definition) is 4. The maximum Gasteiger partial charge on any atom is 0.227 e. The van der Waals surface area contributed by atoms with Crippen LogP contribution in [-0.4, -0.2) is 32.1 Å². The van der Waals surface area contributed by atoms with Crippen LogP contribution in [0.3, 0.4) is 0 Å². The number of aryl methyl sites for hydroxylation is 1. The fourth-order valence-corrected chi connectivity index (χ4v) is 7.35. The average Bonchev–Trinajstić information content (AvgIpc) is 3.18. The third-order valence-electron chi connectivity index (χ3n) is 8.67. The van der Waals surface area contributed by atoms with Crippen LogP contribution in [0, 0.1) is 23.1 Å². The minimum atomic E-state index is -3.67. The minimum Gasteiger partial charge on any atom is -0.315 e. The number of pyridine rings is 1. The number of nitrogens with two attached hydrogens (primary N) is 1. The Bertz CT molecular complexity index is 1310. The first-order valence-electron chi connectivity index (χ1n) is 12.3. The van der Waals surface area contributed by atoms with Crippen molar-refractivity contribution in [2.24, 2.45) is 22.4 Å². The lowest BCUT2D eigenvalue weighted by molar-refractivity contribution is -0.117. The average molecular weight is 498 g/mol. The van der Waals surface area contributed by atoms with E-state index in [0.717, 1.165) is 43.4 Å². The van der Waals surface area contributed by atoms with Gasteiger partial charge in [-0.2, -0.15) is 0 Å². The molecule has 6 nitrogen and oxygen atoms in total. The van der Waals surface area contributed by atoms with Gasteiger partial charge in [-0.25, -0.2) is 17.9 Å². The summed E-state index contributed by atoms with van der Waals surface area (Å²) in [5.41, 5.74) is 5.62. The van der Waals surface area contributed by atoms with Crippen LogP contribution in [0.15, 0.2) is 42.7 Å². The van der Waals surface area contributed by atoms with Gasteiger partial charge in [0.15, 0.2) is 0 Å². The molecule has 2 N–H and O–H groups in total. The molecule has 4 atom stereocenters. The van der Waals surface area contributed by atoms with E-state index < -0.39 is 10.0 Å². The Morgan fingerprint density at radius 2 is 2.06 bits per heavy atom. The van der Waals surface area contributed by atoms with E-state index in [1.165, 1.54) is 27.8 Å². The highest BCUT2D eigenvalue weighted by atomic mass is 32.2. The lowest BCUT2D eigenvalue weighted by Crippen LogP contribution is -2.41. The SMILES string of the molecule is CN(C(=O)CCS(N)(=O)=O)c1ccc2c(c1)CC[C@@H]1C2CC[C@]2(C)C(c3cncc(F)c3)=CC[C@@H]12. The molecule has 0 radical (unpaired) electrons. The third kappa shape index (κ3) is 4.42. The van der Waals surface area contributed by atoms with Gasteiger partial charge in [-0.05, 0) is 95.7 Å². The topological polar surface area (TPSA) is 93.4 Å². The lowest BCUT2D eigenvalue weighted by Gasteiger charge is -2.50. The predicted molar refractivity (Wildman–Crippen MR) is 135 cm³/mol. The molecule has 0 aliphatic heterocycles. The molecule has 0 spiro atoms. The van der Waals surface area contributed by atoms with Gasteiger partial charge in [-0.3, -0.25) is 9.78 Å². The summed E-state index contributed by atoms with van der Waals surface area (Å²) in [5, 5.41) is 5.05. The molecule has 3 aliphatic rings. The molecule has 1 aromatic heterocycles. The quantitative estimate of drug-likeness (QED) is 0.662. The zero-order valence-electron chi connectivity index (χ0n) is 20.2. The van der Waals surface area contributed by atoms with Crippen LogP contribution in [0.5, 0.6) is 0 Å². The highest BCUT2D eigenvalue weighted by Crippen LogP contribution is 2.63. The Labute approximate surface area is 206 Å². The van der Waals surface area contributed by atoms with Crippen molar-refractivity contribution in [1.82, 2.24) is 4.98 Å². The number of rotatable bonds is 5. The first kappa shape index (κ1) is 24.1. The van der Waals surface area contributed by atoms with E-state index in [9.17, 15) is 17.6 Å². The van der Waals surface area contributed by atoms with Gasteiger partial charge in [0.2, 0.25) is 15.9 Å². The molecule has 1 heterocycles. The molecule has 0 bridgehead atoms. The van der Waals surface area contributed by atoms with Gasteiger partial charge in [0.05, 0.1) is 11.9 Å². The molecule has 1 saturated carbocycles. The van der Waals surface area contributed by atoms with Crippen molar-refractivity contribution in [1.29, 1.82) is 0 Å². The second-order valence-corrected chi connectivity index (χ2v) is 12.3. The van der Waals surface area contributed by atoms with Crippen LogP contribution < -0.4 is 10.0 Å². The maximum absolute atomic E-state index is 13.9.